The molecule has 1 aliphatic heterocycles. The maximum atomic E-state index is 6.45. The third-order valence-corrected chi connectivity index (χ3v) is 3.84. The number of hydrogen-bond acceptors (Lipinski definition) is 3. The van der Waals surface area contributed by atoms with Crippen LogP contribution in [0.15, 0.2) is 28.7 Å². The molecule has 1 aromatic heterocycles. The lowest BCUT2D eigenvalue weighted by atomic mass is 9.91. The average Bonchev–Trinajstić information content (AvgIpc) is 3.04. The molecule has 2 atom stereocenters. The van der Waals surface area contributed by atoms with Crippen LogP contribution >= 0.6 is 0 Å². The Morgan fingerprint density at radius 1 is 1.39 bits per heavy atom. The van der Waals surface area contributed by atoms with Crippen molar-refractivity contribution in [2.75, 3.05) is 13.2 Å². The van der Waals surface area contributed by atoms with Gasteiger partial charge in [-0.15, -0.1) is 0 Å². The Bertz CT molecular complexity index is 540. The second-order valence-corrected chi connectivity index (χ2v) is 4.94. The van der Waals surface area contributed by atoms with E-state index in [1.807, 2.05) is 18.2 Å². The third-order valence-electron chi connectivity index (χ3n) is 3.84. The highest BCUT2D eigenvalue weighted by molar-refractivity contribution is 5.82. The van der Waals surface area contributed by atoms with Crippen LogP contribution in [0.4, 0.5) is 0 Å². The highest BCUT2D eigenvalue weighted by Gasteiger charge is 2.28. The van der Waals surface area contributed by atoms with Crippen molar-refractivity contribution < 1.29 is 9.15 Å². The number of ether oxygens (including phenoxy) is 1. The van der Waals surface area contributed by atoms with Gasteiger partial charge in [-0.3, -0.25) is 0 Å². The van der Waals surface area contributed by atoms with Crippen LogP contribution < -0.4 is 5.73 Å². The van der Waals surface area contributed by atoms with Gasteiger partial charge in [0.1, 0.15) is 11.3 Å². The predicted octanol–water partition coefficient (Wildman–Crippen LogP) is 3.03. The summed E-state index contributed by atoms with van der Waals surface area (Å²) in [6, 6.07) is 8.17. The molecule has 1 fully saturated rings. The molecule has 3 nitrogen and oxygen atoms in total. The molecule has 2 N–H and O–H groups in total. The molecule has 0 saturated carbocycles. The Morgan fingerprint density at radius 3 is 2.94 bits per heavy atom. The quantitative estimate of drug-likeness (QED) is 0.904. The molecular formula is C15H19NO2. The van der Waals surface area contributed by atoms with Gasteiger partial charge in [0.15, 0.2) is 0 Å². The zero-order valence-corrected chi connectivity index (χ0v) is 10.7. The van der Waals surface area contributed by atoms with Crippen molar-refractivity contribution in [3.05, 3.63) is 35.6 Å². The zero-order valence-electron chi connectivity index (χ0n) is 10.7. The summed E-state index contributed by atoms with van der Waals surface area (Å²) in [5.74, 6) is 1.44. The minimum Gasteiger partial charge on any atom is -0.461 e. The van der Waals surface area contributed by atoms with Gasteiger partial charge in [-0.05, 0) is 12.5 Å². The summed E-state index contributed by atoms with van der Waals surface area (Å²) in [6.07, 6.45) is 1.93. The van der Waals surface area contributed by atoms with Crippen LogP contribution in [0.3, 0.4) is 0 Å². The van der Waals surface area contributed by atoms with E-state index in [-0.39, 0.29) is 6.04 Å². The third kappa shape index (κ3) is 1.84. The van der Waals surface area contributed by atoms with Gasteiger partial charge in [0, 0.05) is 35.9 Å². The van der Waals surface area contributed by atoms with E-state index in [4.69, 9.17) is 14.9 Å². The first-order chi connectivity index (χ1) is 8.81. The Balaban J connectivity index is 2.08. The molecule has 3 heteroatoms. The number of para-hydroxylation sites is 1. The summed E-state index contributed by atoms with van der Waals surface area (Å²) in [7, 11) is 0. The molecule has 0 spiro atoms. The van der Waals surface area contributed by atoms with Crippen molar-refractivity contribution in [1.29, 1.82) is 0 Å². The van der Waals surface area contributed by atoms with Gasteiger partial charge < -0.3 is 14.9 Å². The fourth-order valence-electron chi connectivity index (χ4n) is 2.82. The second-order valence-electron chi connectivity index (χ2n) is 4.94. The second kappa shape index (κ2) is 4.75. The topological polar surface area (TPSA) is 48.4 Å². The van der Waals surface area contributed by atoms with Crippen LogP contribution in [0.1, 0.15) is 30.7 Å². The van der Waals surface area contributed by atoms with Crippen LogP contribution in [0, 0.1) is 5.92 Å². The standard InChI is InChI=1S/C15H19NO2/c1-2-12-14(15(16)10-7-8-17-9-10)11-5-3-4-6-13(11)18-12/h3-6,10,15H,2,7-9,16H2,1H3. The van der Waals surface area contributed by atoms with E-state index in [9.17, 15) is 0 Å². The van der Waals surface area contributed by atoms with Crippen molar-refractivity contribution >= 4 is 11.0 Å². The van der Waals surface area contributed by atoms with Crippen molar-refractivity contribution in [3.63, 3.8) is 0 Å². The van der Waals surface area contributed by atoms with Crippen LogP contribution in [0.2, 0.25) is 0 Å². The van der Waals surface area contributed by atoms with E-state index in [1.54, 1.807) is 0 Å². The summed E-state index contributed by atoms with van der Waals surface area (Å²) in [5.41, 5.74) is 8.57. The van der Waals surface area contributed by atoms with Crippen LogP contribution in [0.25, 0.3) is 11.0 Å². The molecule has 0 amide bonds. The Kier molecular flexibility index (Phi) is 3.10. The fourth-order valence-corrected chi connectivity index (χ4v) is 2.82. The fraction of sp³-hybridized carbons (Fsp3) is 0.467. The normalized spacial score (nSPS) is 21.6. The minimum absolute atomic E-state index is 0.0195. The maximum absolute atomic E-state index is 6.45. The molecule has 2 aromatic rings. The Morgan fingerprint density at radius 2 is 2.22 bits per heavy atom. The van der Waals surface area contributed by atoms with E-state index >= 15 is 0 Å². The monoisotopic (exact) mass is 245 g/mol. The number of hydrogen-bond donors (Lipinski definition) is 1. The summed E-state index contributed by atoms with van der Waals surface area (Å²) in [4.78, 5) is 0. The van der Waals surface area contributed by atoms with Gasteiger partial charge in [-0.1, -0.05) is 25.1 Å². The van der Waals surface area contributed by atoms with E-state index in [2.05, 4.69) is 13.0 Å². The largest absolute Gasteiger partial charge is 0.461 e. The first kappa shape index (κ1) is 11.8. The number of rotatable bonds is 3. The van der Waals surface area contributed by atoms with Crippen LogP contribution in [-0.4, -0.2) is 13.2 Å². The van der Waals surface area contributed by atoms with Gasteiger partial charge in [-0.2, -0.15) is 0 Å². The van der Waals surface area contributed by atoms with Crippen LogP contribution in [0.5, 0.6) is 0 Å². The van der Waals surface area contributed by atoms with Gasteiger partial charge in [0.25, 0.3) is 0 Å². The van der Waals surface area contributed by atoms with Gasteiger partial charge in [0.05, 0.1) is 6.61 Å². The minimum atomic E-state index is 0.0195. The van der Waals surface area contributed by atoms with Crippen molar-refractivity contribution in [3.8, 4) is 0 Å². The zero-order chi connectivity index (χ0) is 12.5. The van der Waals surface area contributed by atoms with E-state index in [0.29, 0.717) is 5.92 Å². The lowest BCUT2D eigenvalue weighted by Crippen LogP contribution is -2.22. The number of aryl methyl sites for hydroxylation is 1. The van der Waals surface area contributed by atoms with Gasteiger partial charge in [0.2, 0.25) is 0 Å². The molecule has 2 unspecified atom stereocenters. The van der Waals surface area contributed by atoms with Crippen LogP contribution in [-0.2, 0) is 11.2 Å². The molecule has 3 rings (SSSR count). The number of benzene rings is 1. The molecular weight excluding hydrogens is 226 g/mol. The van der Waals surface area contributed by atoms with Crippen molar-refractivity contribution in [1.82, 2.24) is 0 Å². The molecule has 96 valence electrons. The lowest BCUT2D eigenvalue weighted by Gasteiger charge is -2.18. The first-order valence-electron chi connectivity index (χ1n) is 6.65. The first-order valence-corrected chi connectivity index (χ1v) is 6.65. The number of furan rings is 1. The Hall–Kier alpha value is -1.32. The average molecular weight is 245 g/mol. The van der Waals surface area contributed by atoms with E-state index in [1.165, 1.54) is 5.56 Å². The lowest BCUT2D eigenvalue weighted by molar-refractivity contribution is 0.181. The summed E-state index contributed by atoms with van der Waals surface area (Å²) < 4.78 is 11.4. The Labute approximate surface area is 107 Å². The molecule has 0 radical (unpaired) electrons. The van der Waals surface area contributed by atoms with Crippen molar-refractivity contribution in [2.45, 2.75) is 25.8 Å². The smallest absolute Gasteiger partial charge is 0.134 e. The predicted molar refractivity (Wildman–Crippen MR) is 71.4 cm³/mol. The summed E-state index contributed by atoms with van der Waals surface area (Å²) in [6.45, 7) is 3.71. The van der Waals surface area contributed by atoms with Gasteiger partial charge in [-0.25, -0.2) is 0 Å². The molecule has 18 heavy (non-hydrogen) atoms. The van der Waals surface area contributed by atoms with Gasteiger partial charge >= 0.3 is 0 Å². The highest BCUT2D eigenvalue weighted by Crippen LogP contribution is 2.35. The molecule has 1 aliphatic rings. The van der Waals surface area contributed by atoms with E-state index < -0.39 is 0 Å². The molecule has 0 bridgehead atoms. The highest BCUT2D eigenvalue weighted by atomic mass is 16.5. The molecule has 1 saturated heterocycles. The molecule has 1 aromatic carbocycles. The molecule has 2 heterocycles. The van der Waals surface area contributed by atoms with Crippen molar-refractivity contribution in [2.24, 2.45) is 11.7 Å². The summed E-state index contributed by atoms with van der Waals surface area (Å²) >= 11 is 0. The SMILES string of the molecule is CCc1oc2ccccc2c1C(N)C1CCOC1. The summed E-state index contributed by atoms with van der Waals surface area (Å²) in [5, 5.41) is 1.16. The number of fused-ring (bicyclic) bond motifs is 1. The van der Waals surface area contributed by atoms with E-state index in [0.717, 1.165) is 42.8 Å². The maximum Gasteiger partial charge on any atom is 0.134 e. The number of nitrogens with two attached hydrogens (primary N) is 1. The molecule has 0 aliphatic carbocycles.